The minimum atomic E-state index is -3.79. The number of nitrogens with one attached hydrogen (secondary N) is 1. The molecule has 0 atom stereocenters. The number of hydrogen-bond acceptors (Lipinski definition) is 7. The van der Waals surface area contributed by atoms with E-state index in [1.54, 1.807) is 25.1 Å². The van der Waals surface area contributed by atoms with Crippen LogP contribution >= 0.6 is 11.3 Å². The SMILES string of the molecule is CCOC(=O)N1CCc2c(sc(NC(=O)CS(=O)(=O)c3ccccc3)c2C#N)C1. The van der Waals surface area contributed by atoms with Gasteiger partial charge >= 0.3 is 6.09 Å². The van der Waals surface area contributed by atoms with Gasteiger partial charge in [-0.2, -0.15) is 5.26 Å². The predicted octanol–water partition coefficient (Wildman–Crippen LogP) is 2.55. The molecule has 152 valence electrons. The zero-order chi connectivity index (χ0) is 21.0. The maximum absolute atomic E-state index is 12.4. The monoisotopic (exact) mass is 433 g/mol. The summed E-state index contributed by atoms with van der Waals surface area (Å²) in [6.45, 7) is 2.69. The Morgan fingerprint density at radius 1 is 1.31 bits per heavy atom. The highest BCUT2D eigenvalue weighted by atomic mass is 32.2. The van der Waals surface area contributed by atoms with Gasteiger partial charge in [0.2, 0.25) is 5.91 Å². The van der Waals surface area contributed by atoms with Crippen molar-refractivity contribution in [3.8, 4) is 6.07 Å². The maximum Gasteiger partial charge on any atom is 0.410 e. The summed E-state index contributed by atoms with van der Waals surface area (Å²) < 4.78 is 29.8. The van der Waals surface area contributed by atoms with Crippen molar-refractivity contribution in [2.75, 3.05) is 24.2 Å². The number of rotatable bonds is 5. The number of thiophene rings is 1. The summed E-state index contributed by atoms with van der Waals surface area (Å²) in [5.41, 5.74) is 1.10. The topological polar surface area (TPSA) is 117 Å². The Morgan fingerprint density at radius 3 is 2.69 bits per heavy atom. The number of nitriles is 1. The summed E-state index contributed by atoms with van der Waals surface area (Å²) in [6, 6.07) is 9.80. The lowest BCUT2D eigenvalue weighted by Crippen LogP contribution is -2.35. The molecule has 29 heavy (non-hydrogen) atoms. The van der Waals surface area contributed by atoms with Gasteiger partial charge < -0.3 is 15.0 Å². The molecule has 0 radical (unpaired) electrons. The van der Waals surface area contributed by atoms with E-state index in [1.165, 1.54) is 28.4 Å². The normalized spacial score (nSPS) is 13.3. The fourth-order valence-corrected chi connectivity index (χ4v) is 5.41. The number of nitrogens with zero attached hydrogens (tertiary/aromatic N) is 2. The first kappa shape index (κ1) is 20.8. The fraction of sp³-hybridized carbons (Fsp3) is 0.316. The molecule has 0 fully saturated rings. The van der Waals surface area contributed by atoms with Gasteiger partial charge in [0.05, 0.1) is 23.6 Å². The summed E-state index contributed by atoms with van der Waals surface area (Å²) in [5, 5.41) is 12.4. The van der Waals surface area contributed by atoms with E-state index in [-0.39, 0.29) is 18.0 Å². The number of fused-ring (bicyclic) bond motifs is 1. The fourth-order valence-electron chi connectivity index (χ4n) is 3.03. The molecule has 2 amide bonds. The molecule has 8 nitrogen and oxygen atoms in total. The van der Waals surface area contributed by atoms with E-state index in [1.807, 2.05) is 0 Å². The molecule has 1 aromatic carbocycles. The maximum atomic E-state index is 12.4. The number of carbonyl (C=O) groups excluding carboxylic acids is 2. The lowest BCUT2D eigenvalue weighted by molar-refractivity contribution is -0.113. The summed E-state index contributed by atoms with van der Waals surface area (Å²) in [4.78, 5) is 26.7. The number of amides is 2. The zero-order valence-corrected chi connectivity index (χ0v) is 17.3. The van der Waals surface area contributed by atoms with Crippen LogP contribution in [0.25, 0.3) is 0 Å². The molecule has 1 aliphatic rings. The second kappa shape index (κ2) is 8.63. The highest BCUT2D eigenvalue weighted by Crippen LogP contribution is 2.36. The van der Waals surface area contributed by atoms with Crippen molar-refractivity contribution in [2.24, 2.45) is 0 Å². The third-order valence-corrected chi connectivity index (χ3v) is 7.14. The summed E-state index contributed by atoms with van der Waals surface area (Å²) in [6.07, 6.45) is 0.0377. The van der Waals surface area contributed by atoms with Gasteiger partial charge in [-0.1, -0.05) is 18.2 Å². The molecule has 0 saturated carbocycles. The van der Waals surface area contributed by atoms with Crippen LogP contribution < -0.4 is 5.32 Å². The van der Waals surface area contributed by atoms with Crippen molar-refractivity contribution >= 4 is 38.2 Å². The van der Waals surface area contributed by atoms with Crippen LogP contribution in [0, 0.1) is 11.3 Å². The van der Waals surface area contributed by atoms with Gasteiger partial charge in [0.15, 0.2) is 9.84 Å². The van der Waals surface area contributed by atoms with E-state index in [0.29, 0.717) is 23.5 Å². The van der Waals surface area contributed by atoms with E-state index in [0.717, 1.165) is 10.4 Å². The quantitative estimate of drug-likeness (QED) is 0.774. The molecule has 3 rings (SSSR count). The van der Waals surface area contributed by atoms with Gasteiger partial charge in [0.1, 0.15) is 16.8 Å². The average Bonchev–Trinajstić information content (AvgIpc) is 3.04. The summed E-state index contributed by atoms with van der Waals surface area (Å²) >= 11 is 1.18. The van der Waals surface area contributed by atoms with Crippen LogP contribution in [0.2, 0.25) is 0 Å². The van der Waals surface area contributed by atoms with Crippen molar-refractivity contribution < 1.29 is 22.7 Å². The lowest BCUT2D eigenvalue weighted by Gasteiger charge is -2.25. The van der Waals surface area contributed by atoms with Crippen LogP contribution in [0.3, 0.4) is 0 Å². The van der Waals surface area contributed by atoms with Gasteiger partial charge in [0, 0.05) is 11.4 Å². The van der Waals surface area contributed by atoms with E-state index in [9.17, 15) is 23.3 Å². The first-order valence-electron chi connectivity index (χ1n) is 8.89. The molecular weight excluding hydrogens is 414 g/mol. The molecule has 0 saturated heterocycles. The molecule has 1 aliphatic heterocycles. The van der Waals surface area contributed by atoms with Gasteiger partial charge in [-0.25, -0.2) is 13.2 Å². The van der Waals surface area contributed by atoms with E-state index in [2.05, 4.69) is 11.4 Å². The number of anilines is 1. The second-order valence-corrected chi connectivity index (χ2v) is 9.41. The first-order valence-corrected chi connectivity index (χ1v) is 11.4. The highest BCUT2D eigenvalue weighted by molar-refractivity contribution is 7.92. The van der Waals surface area contributed by atoms with Crippen molar-refractivity contribution in [1.82, 2.24) is 4.90 Å². The molecular formula is C19H19N3O5S2. The molecule has 1 N–H and O–H groups in total. The Balaban J connectivity index is 1.76. The van der Waals surface area contributed by atoms with Gasteiger partial charge in [0.25, 0.3) is 0 Å². The number of sulfone groups is 1. The molecule has 1 aromatic heterocycles. The average molecular weight is 434 g/mol. The molecule has 10 heteroatoms. The van der Waals surface area contributed by atoms with Crippen molar-refractivity contribution in [2.45, 2.75) is 24.8 Å². The van der Waals surface area contributed by atoms with E-state index in [4.69, 9.17) is 4.74 Å². The van der Waals surface area contributed by atoms with Gasteiger partial charge in [-0.15, -0.1) is 11.3 Å². The van der Waals surface area contributed by atoms with Gasteiger partial charge in [-0.05, 0) is 31.0 Å². The smallest absolute Gasteiger partial charge is 0.410 e. The van der Waals surface area contributed by atoms with Crippen LogP contribution in [-0.4, -0.2) is 44.2 Å². The largest absolute Gasteiger partial charge is 0.450 e. The van der Waals surface area contributed by atoms with Crippen molar-refractivity contribution in [3.63, 3.8) is 0 Å². The third-order valence-electron chi connectivity index (χ3n) is 4.37. The minimum Gasteiger partial charge on any atom is -0.450 e. The van der Waals surface area contributed by atoms with E-state index >= 15 is 0 Å². The van der Waals surface area contributed by atoms with Crippen LogP contribution in [0.15, 0.2) is 35.2 Å². The Labute approximate surface area is 172 Å². The van der Waals surface area contributed by atoms with E-state index < -0.39 is 27.6 Å². The van der Waals surface area contributed by atoms with Crippen LogP contribution in [0.5, 0.6) is 0 Å². The van der Waals surface area contributed by atoms with Crippen molar-refractivity contribution in [1.29, 1.82) is 5.26 Å². The Bertz CT molecular complexity index is 1070. The highest BCUT2D eigenvalue weighted by Gasteiger charge is 2.29. The minimum absolute atomic E-state index is 0.0613. The van der Waals surface area contributed by atoms with Crippen LogP contribution in [-0.2, 0) is 32.3 Å². The Morgan fingerprint density at radius 2 is 2.03 bits per heavy atom. The molecule has 0 unspecified atom stereocenters. The molecule has 2 heterocycles. The van der Waals surface area contributed by atoms with Crippen molar-refractivity contribution in [3.05, 3.63) is 46.3 Å². The summed E-state index contributed by atoms with van der Waals surface area (Å²) in [7, 11) is -3.79. The predicted molar refractivity (Wildman–Crippen MR) is 107 cm³/mol. The molecule has 0 aliphatic carbocycles. The number of hydrogen-bond donors (Lipinski definition) is 1. The first-order chi connectivity index (χ1) is 13.9. The molecule has 2 aromatic rings. The lowest BCUT2D eigenvalue weighted by atomic mass is 10.0. The number of benzene rings is 1. The van der Waals surface area contributed by atoms with Crippen LogP contribution in [0.4, 0.5) is 9.80 Å². The summed E-state index contributed by atoms with van der Waals surface area (Å²) in [5.74, 6) is -1.44. The number of carbonyl (C=O) groups is 2. The zero-order valence-electron chi connectivity index (χ0n) is 15.7. The molecule has 0 spiro atoms. The number of ether oxygens (including phenoxy) is 1. The molecule has 0 bridgehead atoms. The van der Waals surface area contributed by atoms with Crippen LogP contribution in [0.1, 0.15) is 22.9 Å². The standard InChI is InChI=1S/C19H19N3O5S2/c1-2-27-19(24)22-9-8-14-15(10-20)18(28-16(14)11-22)21-17(23)12-29(25,26)13-6-4-3-5-7-13/h3-7H,2,8-9,11-12H2,1H3,(H,21,23). The second-order valence-electron chi connectivity index (χ2n) is 6.31. The van der Waals surface area contributed by atoms with Gasteiger partial charge in [-0.3, -0.25) is 4.79 Å². The Kier molecular flexibility index (Phi) is 6.20. The Hall–Kier alpha value is -2.90. The third kappa shape index (κ3) is 4.58.